The van der Waals surface area contributed by atoms with Crippen molar-refractivity contribution in [3.63, 3.8) is 0 Å². The summed E-state index contributed by atoms with van der Waals surface area (Å²) >= 11 is 0. The summed E-state index contributed by atoms with van der Waals surface area (Å²) in [6.45, 7) is 0.159. The highest BCUT2D eigenvalue weighted by atomic mass is 19.1. The Kier molecular flexibility index (Phi) is 4.45. The van der Waals surface area contributed by atoms with Gasteiger partial charge in [-0.2, -0.15) is 0 Å². The molecule has 0 spiro atoms. The lowest BCUT2D eigenvalue weighted by atomic mass is 10.1. The number of amides is 1. The van der Waals surface area contributed by atoms with Crippen LogP contribution < -0.4 is 5.32 Å². The summed E-state index contributed by atoms with van der Waals surface area (Å²) in [5.41, 5.74) is 0.242. The van der Waals surface area contributed by atoms with Crippen molar-refractivity contribution >= 4 is 18.0 Å². The van der Waals surface area contributed by atoms with Crippen molar-refractivity contribution in [2.24, 2.45) is 0 Å². The zero-order valence-electron chi connectivity index (χ0n) is 10.8. The zero-order valence-corrected chi connectivity index (χ0v) is 10.8. The molecule has 0 saturated heterocycles. The Bertz CT molecular complexity index is 681. The first-order valence-corrected chi connectivity index (χ1v) is 6.03. The minimum Gasteiger partial charge on any atom is -0.478 e. The molecular weight excluding hydrogens is 277 g/mol. The highest BCUT2D eigenvalue weighted by molar-refractivity contribution is 5.94. The van der Waals surface area contributed by atoms with Crippen LogP contribution in [0.15, 0.2) is 36.7 Å². The van der Waals surface area contributed by atoms with Crippen LogP contribution in [0.3, 0.4) is 0 Å². The summed E-state index contributed by atoms with van der Waals surface area (Å²) in [7, 11) is 0. The highest BCUT2D eigenvalue weighted by Crippen LogP contribution is 2.12. The number of H-pyrrole nitrogens is 1. The van der Waals surface area contributed by atoms with Gasteiger partial charge in [-0.25, -0.2) is 14.2 Å². The number of imidazole rings is 1. The number of carboxylic acids is 1. The fraction of sp³-hybridized carbons (Fsp3) is 0.0714. The van der Waals surface area contributed by atoms with Gasteiger partial charge in [0, 0.05) is 18.5 Å². The van der Waals surface area contributed by atoms with Crippen molar-refractivity contribution in [1.82, 2.24) is 15.3 Å². The maximum atomic E-state index is 13.8. The van der Waals surface area contributed by atoms with E-state index in [1.54, 1.807) is 12.4 Å². The third-order valence-electron chi connectivity index (χ3n) is 2.63. The molecule has 0 unspecified atom stereocenters. The predicted octanol–water partition coefficient (Wildman–Crippen LogP) is 1.58. The summed E-state index contributed by atoms with van der Waals surface area (Å²) in [4.78, 5) is 29.0. The van der Waals surface area contributed by atoms with Gasteiger partial charge in [0.25, 0.3) is 5.91 Å². The smallest absolute Gasteiger partial charge is 0.328 e. The number of carbonyl (C=O) groups excluding carboxylic acids is 1. The van der Waals surface area contributed by atoms with E-state index >= 15 is 0 Å². The van der Waals surface area contributed by atoms with Crippen molar-refractivity contribution < 1.29 is 19.1 Å². The van der Waals surface area contributed by atoms with E-state index in [4.69, 9.17) is 5.11 Å². The number of benzene rings is 1. The zero-order chi connectivity index (χ0) is 15.2. The molecule has 0 bridgehead atoms. The molecule has 1 heterocycles. The maximum absolute atomic E-state index is 13.8. The van der Waals surface area contributed by atoms with E-state index in [0.29, 0.717) is 11.4 Å². The Hall–Kier alpha value is -2.96. The van der Waals surface area contributed by atoms with Crippen LogP contribution in [0.2, 0.25) is 0 Å². The van der Waals surface area contributed by atoms with E-state index in [1.165, 1.54) is 18.2 Å². The Morgan fingerprint density at radius 3 is 2.86 bits per heavy atom. The molecule has 0 aliphatic heterocycles. The molecule has 1 aromatic carbocycles. The Morgan fingerprint density at radius 1 is 1.43 bits per heavy atom. The second kappa shape index (κ2) is 6.47. The summed E-state index contributed by atoms with van der Waals surface area (Å²) in [6, 6.07) is 3.86. The monoisotopic (exact) mass is 289 g/mol. The molecule has 21 heavy (non-hydrogen) atoms. The van der Waals surface area contributed by atoms with Crippen LogP contribution in [0.1, 0.15) is 21.7 Å². The fourth-order valence-electron chi connectivity index (χ4n) is 1.64. The Labute approximate surface area is 119 Å². The first-order chi connectivity index (χ1) is 10.1. The lowest BCUT2D eigenvalue weighted by molar-refractivity contribution is -0.131. The first kappa shape index (κ1) is 14.4. The lowest BCUT2D eigenvalue weighted by Crippen LogP contribution is -2.24. The average Bonchev–Trinajstić information content (AvgIpc) is 2.96. The number of rotatable bonds is 5. The topological polar surface area (TPSA) is 95.1 Å². The van der Waals surface area contributed by atoms with Gasteiger partial charge in [0.05, 0.1) is 12.1 Å². The van der Waals surface area contributed by atoms with E-state index in [0.717, 1.165) is 12.1 Å². The van der Waals surface area contributed by atoms with Crippen molar-refractivity contribution in [1.29, 1.82) is 0 Å². The highest BCUT2D eigenvalue weighted by Gasteiger charge is 2.11. The second-order valence-corrected chi connectivity index (χ2v) is 4.13. The number of halogens is 1. The van der Waals surface area contributed by atoms with Gasteiger partial charge in [-0.3, -0.25) is 4.79 Å². The Morgan fingerprint density at radius 2 is 2.24 bits per heavy atom. The summed E-state index contributed by atoms with van der Waals surface area (Å²) in [5, 5.41) is 11.0. The van der Waals surface area contributed by atoms with Crippen molar-refractivity contribution in [2.45, 2.75) is 6.54 Å². The number of aromatic amines is 1. The molecule has 2 aromatic rings. The molecule has 1 aromatic heterocycles. The molecule has 7 heteroatoms. The molecular formula is C14H12FN3O3. The van der Waals surface area contributed by atoms with Crippen molar-refractivity contribution in [3.8, 4) is 0 Å². The van der Waals surface area contributed by atoms with Gasteiger partial charge in [0.2, 0.25) is 0 Å². The number of nitrogens with zero attached hydrogens (tertiary/aromatic N) is 1. The molecule has 0 atom stereocenters. The van der Waals surface area contributed by atoms with Gasteiger partial charge in [-0.05, 0) is 23.8 Å². The molecule has 0 radical (unpaired) electrons. The number of aromatic nitrogens is 2. The average molecular weight is 289 g/mol. The van der Waals surface area contributed by atoms with Gasteiger partial charge >= 0.3 is 5.97 Å². The molecule has 1 amide bonds. The maximum Gasteiger partial charge on any atom is 0.328 e. The van der Waals surface area contributed by atoms with Crippen LogP contribution in [0.4, 0.5) is 4.39 Å². The standard InChI is InChI=1S/C14H12FN3O3/c15-11-7-9(2-4-13(19)20)1-3-10(11)14(21)18-8-12-16-5-6-17-12/h1-7H,8H2,(H,16,17)(H,18,21)(H,19,20). The second-order valence-electron chi connectivity index (χ2n) is 4.13. The first-order valence-electron chi connectivity index (χ1n) is 6.03. The third-order valence-corrected chi connectivity index (χ3v) is 2.63. The van der Waals surface area contributed by atoms with Crippen LogP contribution in [0, 0.1) is 5.82 Å². The van der Waals surface area contributed by atoms with E-state index in [2.05, 4.69) is 15.3 Å². The number of hydrogen-bond donors (Lipinski definition) is 3. The largest absolute Gasteiger partial charge is 0.478 e. The minimum absolute atomic E-state index is 0.117. The predicted molar refractivity (Wildman–Crippen MR) is 72.8 cm³/mol. The van der Waals surface area contributed by atoms with Gasteiger partial charge in [0.15, 0.2) is 0 Å². The van der Waals surface area contributed by atoms with Crippen molar-refractivity contribution in [3.05, 3.63) is 59.4 Å². The number of hydrogen-bond acceptors (Lipinski definition) is 3. The quantitative estimate of drug-likeness (QED) is 0.728. The number of carbonyl (C=O) groups is 2. The lowest BCUT2D eigenvalue weighted by Gasteiger charge is -2.05. The van der Waals surface area contributed by atoms with Gasteiger partial charge < -0.3 is 15.4 Å². The fourth-order valence-corrected chi connectivity index (χ4v) is 1.64. The van der Waals surface area contributed by atoms with Crippen molar-refractivity contribution in [2.75, 3.05) is 0 Å². The third kappa shape index (κ3) is 4.00. The summed E-state index contributed by atoms with van der Waals surface area (Å²) in [5.74, 6) is -1.86. The summed E-state index contributed by atoms with van der Waals surface area (Å²) in [6.07, 6.45) is 5.30. The molecule has 108 valence electrons. The van der Waals surface area contributed by atoms with E-state index in [-0.39, 0.29) is 12.1 Å². The number of nitrogens with one attached hydrogen (secondary N) is 2. The molecule has 0 aliphatic carbocycles. The molecule has 2 rings (SSSR count). The normalized spacial score (nSPS) is 10.7. The minimum atomic E-state index is -1.13. The molecule has 0 saturated carbocycles. The van der Waals surface area contributed by atoms with E-state index < -0.39 is 17.7 Å². The molecule has 0 aliphatic rings. The van der Waals surface area contributed by atoms with Crippen LogP contribution in [0.5, 0.6) is 0 Å². The molecule has 6 nitrogen and oxygen atoms in total. The van der Waals surface area contributed by atoms with E-state index in [1.807, 2.05) is 0 Å². The van der Waals surface area contributed by atoms with Gasteiger partial charge in [-0.15, -0.1) is 0 Å². The number of aliphatic carboxylic acids is 1. The molecule has 3 N–H and O–H groups in total. The van der Waals surface area contributed by atoms with Crippen LogP contribution in [-0.2, 0) is 11.3 Å². The SMILES string of the molecule is O=C(O)C=Cc1ccc(C(=O)NCc2ncc[nH]2)c(F)c1. The van der Waals surface area contributed by atoms with Crippen LogP contribution >= 0.6 is 0 Å². The summed E-state index contributed by atoms with van der Waals surface area (Å²) < 4.78 is 13.8. The molecule has 0 fully saturated rings. The van der Waals surface area contributed by atoms with Gasteiger partial charge in [0.1, 0.15) is 11.6 Å². The van der Waals surface area contributed by atoms with Crippen LogP contribution in [-0.4, -0.2) is 27.0 Å². The Balaban J connectivity index is 2.05. The van der Waals surface area contributed by atoms with Gasteiger partial charge in [-0.1, -0.05) is 6.07 Å². The van der Waals surface area contributed by atoms with E-state index in [9.17, 15) is 14.0 Å². The van der Waals surface area contributed by atoms with Crippen LogP contribution in [0.25, 0.3) is 6.08 Å². The number of carboxylic acid groups (broad SMARTS) is 1.